The number of aromatic nitrogens is 3. The van der Waals surface area contributed by atoms with Crippen LogP contribution in [0.3, 0.4) is 0 Å². The van der Waals surface area contributed by atoms with Gasteiger partial charge in [0.15, 0.2) is 0 Å². The van der Waals surface area contributed by atoms with E-state index in [1.165, 1.54) is 0 Å². The molecule has 1 aliphatic rings. The summed E-state index contributed by atoms with van der Waals surface area (Å²) >= 11 is 0. The second-order valence-corrected chi connectivity index (χ2v) is 9.13. The third kappa shape index (κ3) is 3.86. The number of hydrogen-bond donors (Lipinski definition) is 0. The number of pyridine rings is 1. The van der Waals surface area contributed by atoms with Gasteiger partial charge in [0, 0.05) is 37.4 Å². The lowest BCUT2D eigenvalue weighted by Crippen LogP contribution is -2.33. The molecule has 2 aromatic heterocycles. The molecule has 0 bridgehead atoms. The van der Waals surface area contributed by atoms with Crippen LogP contribution >= 0.6 is 0 Å². The Morgan fingerprint density at radius 2 is 1.82 bits per heavy atom. The second-order valence-electron chi connectivity index (χ2n) is 7.21. The van der Waals surface area contributed by atoms with Crippen LogP contribution in [0.4, 0.5) is 0 Å². The van der Waals surface area contributed by atoms with Crippen molar-refractivity contribution in [1.82, 2.24) is 18.8 Å². The zero-order valence-corrected chi connectivity index (χ0v) is 16.7. The molecule has 6 nitrogen and oxygen atoms in total. The average Bonchev–Trinajstić information content (AvgIpc) is 3.31. The van der Waals surface area contributed by atoms with E-state index < -0.39 is 10.0 Å². The van der Waals surface area contributed by atoms with Crippen LogP contribution in [0.2, 0.25) is 0 Å². The first-order valence-electron chi connectivity index (χ1n) is 9.49. The normalized spacial score (nSPS) is 17.8. The molecule has 146 valence electrons. The summed E-state index contributed by atoms with van der Waals surface area (Å²) in [6.07, 6.45) is 7.01. The quantitative estimate of drug-likeness (QED) is 0.641. The van der Waals surface area contributed by atoms with Gasteiger partial charge in [0.2, 0.25) is 10.0 Å². The van der Waals surface area contributed by atoms with E-state index in [-0.39, 0.29) is 11.8 Å². The number of rotatable bonds is 6. The molecule has 0 aliphatic carbocycles. The molecule has 1 saturated heterocycles. The Bertz CT molecular complexity index is 1030. The largest absolute Gasteiger partial charge is 0.327 e. The maximum Gasteiger partial charge on any atom is 0.218 e. The van der Waals surface area contributed by atoms with E-state index in [0.717, 1.165) is 35.5 Å². The van der Waals surface area contributed by atoms with Gasteiger partial charge in [0.1, 0.15) is 5.82 Å². The van der Waals surface area contributed by atoms with Crippen LogP contribution < -0.4 is 0 Å². The standard InChI is InChI=1S/C21H24N4O2S/c1-17-14-23-21(24(17)15-18-9-11-22-12-10-18)20-8-5-13-25(20)28(26,27)16-19-6-3-2-4-7-19/h2-4,6-7,9-12,14,20H,5,8,13,15-16H2,1H3. The fraction of sp³-hybridized carbons (Fsp3) is 0.333. The molecule has 1 aliphatic heterocycles. The van der Waals surface area contributed by atoms with E-state index >= 15 is 0 Å². The number of sulfonamides is 1. The van der Waals surface area contributed by atoms with Crippen LogP contribution in [0, 0.1) is 6.92 Å². The SMILES string of the molecule is Cc1cnc(C2CCCN2S(=O)(=O)Cc2ccccc2)n1Cc1ccncc1. The van der Waals surface area contributed by atoms with Gasteiger partial charge in [-0.15, -0.1) is 0 Å². The summed E-state index contributed by atoms with van der Waals surface area (Å²) in [6, 6.07) is 13.1. The lowest BCUT2D eigenvalue weighted by molar-refractivity contribution is 0.373. The van der Waals surface area contributed by atoms with Crippen molar-refractivity contribution < 1.29 is 8.42 Å². The Labute approximate surface area is 165 Å². The summed E-state index contributed by atoms with van der Waals surface area (Å²) in [5.74, 6) is 0.845. The molecule has 0 radical (unpaired) electrons. The first-order valence-corrected chi connectivity index (χ1v) is 11.1. The van der Waals surface area contributed by atoms with Gasteiger partial charge in [0.05, 0.1) is 11.8 Å². The molecule has 1 fully saturated rings. The van der Waals surface area contributed by atoms with Crippen LogP contribution in [0.1, 0.15) is 41.5 Å². The van der Waals surface area contributed by atoms with Crippen LogP contribution in [0.25, 0.3) is 0 Å². The molecule has 3 aromatic rings. The molecule has 1 aromatic carbocycles. The Balaban J connectivity index is 1.62. The smallest absolute Gasteiger partial charge is 0.218 e. The number of aryl methyl sites for hydroxylation is 1. The van der Waals surface area contributed by atoms with Gasteiger partial charge in [-0.2, -0.15) is 4.31 Å². The molecular formula is C21H24N4O2S. The van der Waals surface area contributed by atoms with Gasteiger partial charge < -0.3 is 4.57 Å². The molecule has 7 heteroatoms. The molecule has 3 heterocycles. The summed E-state index contributed by atoms with van der Waals surface area (Å²) in [5.41, 5.74) is 2.96. The fourth-order valence-electron chi connectivity index (χ4n) is 3.82. The minimum atomic E-state index is -3.42. The van der Waals surface area contributed by atoms with Gasteiger partial charge >= 0.3 is 0 Å². The molecule has 1 atom stereocenters. The van der Waals surface area contributed by atoms with Crippen LogP contribution in [-0.4, -0.2) is 33.8 Å². The lowest BCUT2D eigenvalue weighted by Gasteiger charge is -2.25. The number of imidazole rings is 1. The van der Waals surface area contributed by atoms with E-state index in [4.69, 9.17) is 0 Å². The fourth-order valence-corrected chi connectivity index (χ4v) is 5.60. The molecule has 0 saturated carbocycles. The van der Waals surface area contributed by atoms with Crippen molar-refractivity contribution >= 4 is 10.0 Å². The monoisotopic (exact) mass is 396 g/mol. The van der Waals surface area contributed by atoms with E-state index in [1.54, 1.807) is 16.7 Å². The molecule has 0 amide bonds. The minimum Gasteiger partial charge on any atom is -0.327 e. The molecule has 0 spiro atoms. The summed E-state index contributed by atoms with van der Waals surface area (Å²) in [6.45, 7) is 3.21. The lowest BCUT2D eigenvalue weighted by atomic mass is 10.2. The van der Waals surface area contributed by atoms with Crippen LogP contribution in [0.5, 0.6) is 0 Å². The molecule has 1 unspecified atom stereocenters. The predicted molar refractivity (Wildman–Crippen MR) is 108 cm³/mol. The van der Waals surface area contributed by atoms with Crippen molar-refractivity contribution in [3.63, 3.8) is 0 Å². The Kier molecular flexibility index (Phi) is 5.28. The zero-order valence-electron chi connectivity index (χ0n) is 15.9. The highest BCUT2D eigenvalue weighted by molar-refractivity contribution is 7.88. The molecule has 4 rings (SSSR count). The molecular weight excluding hydrogens is 372 g/mol. The first kappa shape index (κ1) is 18.8. The van der Waals surface area contributed by atoms with E-state index in [9.17, 15) is 8.42 Å². The van der Waals surface area contributed by atoms with Gasteiger partial charge in [-0.1, -0.05) is 30.3 Å². The van der Waals surface area contributed by atoms with E-state index in [1.807, 2.05) is 55.6 Å². The highest BCUT2D eigenvalue weighted by Crippen LogP contribution is 2.35. The highest BCUT2D eigenvalue weighted by Gasteiger charge is 2.37. The van der Waals surface area contributed by atoms with Gasteiger partial charge in [-0.3, -0.25) is 4.98 Å². The Hall–Kier alpha value is -2.51. The summed E-state index contributed by atoms with van der Waals surface area (Å²) < 4.78 is 30.1. The number of nitrogens with zero attached hydrogens (tertiary/aromatic N) is 4. The maximum atomic E-state index is 13.1. The summed E-state index contributed by atoms with van der Waals surface area (Å²) in [4.78, 5) is 8.67. The van der Waals surface area contributed by atoms with Crippen molar-refractivity contribution in [2.24, 2.45) is 0 Å². The van der Waals surface area contributed by atoms with Gasteiger partial charge in [-0.05, 0) is 43.0 Å². The number of benzene rings is 1. The Morgan fingerprint density at radius 3 is 2.57 bits per heavy atom. The first-order chi connectivity index (χ1) is 13.5. The van der Waals surface area contributed by atoms with Crippen molar-refractivity contribution in [3.05, 3.63) is 83.7 Å². The third-order valence-corrected chi connectivity index (χ3v) is 7.08. The molecule has 0 N–H and O–H groups in total. The van der Waals surface area contributed by atoms with Crippen molar-refractivity contribution in [3.8, 4) is 0 Å². The van der Waals surface area contributed by atoms with Gasteiger partial charge in [-0.25, -0.2) is 13.4 Å². The predicted octanol–water partition coefficient (Wildman–Crippen LogP) is 3.30. The number of hydrogen-bond acceptors (Lipinski definition) is 4. The van der Waals surface area contributed by atoms with Crippen LogP contribution in [0.15, 0.2) is 61.1 Å². The Morgan fingerprint density at radius 1 is 1.07 bits per heavy atom. The average molecular weight is 397 g/mol. The minimum absolute atomic E-state index is 0.0222. The summed E-state index contributed by atoms with van der Waals surface area (Å²) in [5, 5.41) is 0. The maximum absolute atomic E-state index is 13.1. The van der Waals surface area contributed by atoms with Crippen LogP contribution in [-0.2, 0) is 22.3 Å². The zero-order chi connectivity index (χ0) is 19.6. The summed E-state index contributed by atoms with van der Waals surface area (Å²) in [7, 11) is -3.42. The van der Waals surface area contributed by atoms with E-state index in [2.05, 4.69) is 14.5 Å². The van der Waals surface area contributed by atoms with Crippen molar-refractivity contribution in [2.45, 2.75) is 38.1 Å². The van der Waals surface area contributed by atoms with Crippen molar-refractivity contribution in [2.75, 3.05) is 6.54 Å². The highest BCUT2D eigenvalue weighted by atomic mass is 32.2. The molecule has 28 heavy (non-hydrogen) atoms. The third-order valence-electron chi connectivity index (χ3n) is 5.23. The topological polar surface area (TPSA) is 68.1 Å². The van der Waals surface area contributed by atoms with Gasteiger partial charge in [0.25, 0.3) is 0 Å². The van der Waals surface area contributed by atoms with E-state index in [0.29, 0.717) is 13.1 Å². The second kappa shape index (κ2) is 7.85. The van der Waals surface area contributed by atoms with Crippen molar-refractivity contribution in [1.29, 1.82) is 0 Å².